The molecule has 1 aliphatic heterocycles. The van der Waals surface area contributed by atoms with Crippen LogP contribution < -0.4 is 10.1 Å². The van der Waals surface area contributed by atoms with Crippen molar-refractivity contribution >= 4 is 21.8 Å². The van der Waals surface area contributed by atoms with Crippen LogP contribution >= 0.6 is 0 Å². The fourth-order valence-electron chi connectivity index (χ4n) is 4.61. The van der Waals surface area contributed by atoms with E-state index < -0.39 is 10.0 Å². The molecule has 2 aromatic carbocycles. The zero-order chi connectivity index (χ0) is 27.4. The van der Waals surface area contributed by atoms with Gasteiger partial charge in [-0.05, 0) is 48.7 Å². The van der Waals surface area contributed by atoms with Gasteiger partial charge < -0.3 is 19.4 Å². The third kappa shape index (κ3) is 5.76. The molecule has 3 aromatic rings. The maximum Gasteiger partial charge on any atom is 0.257 e. The quantitative estimate of drug-likeness (QED) is 0.422. The summed E-state index contributed by atoms with van der Waals surface area (Å²) in [5.41, 5.74) is 3.60. The number of benzene rings is 2. The number of carbonyl (C=O) groups is 1. The van der Waals surface area contributed by atoms with Crippen LogP contribution in [0.5, 0.6) is 5.75 Å². The Bertz CT molecular complexity index is 1420. The third-order valence-corrected chi connectivity index (χ3v) is 8.75. The molecule has 1 amide bonds. The van der Waals surface area contributed by atoms with Crippen LogP contribution in [0.1, 0.15) is 45.3 Å². The number of methoxy groups -OCH3 is 1. The van der Waals surface area contributed by atoms with Gasteiger partial charge in [0.05, 0.1) is 30.7 Å². The number of aryl methyl sites for hydroxylation is 2. The molecule has 0 fully saturated rings. The van der Waals surface area contributed by atoms with Crippen LogP contribution in [0, 0.1) is 13.8 Å². The third-order valence-electron chi connectivity index (χ3n) is 6.52. The van der Waals surface area contributed by atoms with Crippen LogP contribution in [0.25, 0.3) is 0 Å². The highest BCUT2D eigenvalue weighted by molar-refractivity contribution is 7.89. The Labute approximate surface area is 224 Å². The van der Waals surface area contributed by atoms with E-state index in [0.717, 1.165) is 30.1 Å². The minimum Gasteiger partial charge on any atom is -0.497 e. The van der Waals surface area contributed by atoms with Crippen molar-refractivity contribution in [2.24, 2.45) is 4.99 Å². The molecule has 0 spiro atoms. The Balaban J connectivity index is 1.44. The van der Waals surface area contributed by atoms with Gasteiger partial charge in [-0.3, -0.25) is 9.79 Å². The Kier molecular flexibility index (Phi) is 8.23. The summed E-state index contributed by atoms with van der Waals surface area (Å²) in [6.07, 6.45) is 1.38. The summed E-state index contributed by atoms with van der Waals surface area (Å²) in [6, 6.07) is 13.0. The lowest BCUT2D eigenvalue weighted by molar-refractivity contribution is 0.0784. The highest BCUT2D eigenvalue weighted by Gasteiger charge is 2.28. The van der Waals surface area contributed by atoms with Crippen molar-refractivity contribution in [1.29, 1.82) is 0 Å². The maximum atomic E-state index is 13.5. The number of nitrogens with zero attached hydrogens (tertiary/aromatic N) is 3. The summed E-state index contributed by atoms with van der Waals surface area (Å²) in [7, 11) is -0.528. The Morgan fingerprint density at radius 1 is 1.11 bits per heavy atom. The van der Waals surface area contributed by atoms with Crippen molar-refractivity contribution < 1.29 is 22.4 Å². The Morgan fingerprint density at radius 2 is 1.79 bits per heavy atom. The maximum absolute atomic E-state index is 13.5. The molecular weight excluding hydrogens is 504 g/mol. The topological polar surface area (TPSA) is 104 Å². The first-order valence-corrected chi connectivity index (χ1v) is 13.9. The first-order valence-electron chi connectivity index (χ1n) is 12.5. The number of hydrogen-bond donors (Lipinski definition) is 1. The summed E-state index contributed by atoms with van der Waals surface area (Å²) in [5.74, 6) is 1.69. The standard InChI is InChI=1S/C28H34N4O5S/c1-6-32(38(34,35)26-19(2)13-24(36-5)14-20(26)3)17-25-15-23(18-37-25)28(33)31(4)16-21-7-9-22(10-8-21)27-29-11-12-30-27/h7-10,13-15,18H,6,11-12,16-17H2,1-5H3,(H,29,30). The van der Waals surface area contributed by atoms with E-state index in [-0.39, 0.29) is 23.9 Å². The molecule has 0 saturated heterocycles. The van der Waals surface area contributed by atoms with Crippen molar-refractivity contribution in [2.45, 2.75) is 38.8 Å². The van der Waals surface area contributed by atoms with Gasteiger partial charge in [0.2, 0.25) is 10.0 Å². The molecule has 0 atom stereocenters. The van der Waals surface area contributed by atoms with Crippen molar-refractivity contribution in [3.05, 3.63) is 82.3 Å². The number of aliphatic imine (C=N–C) groups is 1. The normalized spacial score (nSPS) is 13.4. The number of amides is 1. The molecule has 10 heteroatoms. The fraction of sp³-hybridized carbons (Fsp3) is 0.357. The van der Waals surface area contributed by atoms with Gasteiger partial charge in [0.1, 0.15) is 23.6 Å². The molecule has 0 unspecified atom stereocenters. The van der Waals surface area contributed by atoms with E-state index in [1.54, 1.807) is 58.0 Å². The van der Waals surface area contributed by atoms with Crippen molar-refractivity contribution in [2.75, 3.05) is 33.8 Å². The first kappa shape index (κ1) is 27.4. The predicted molar refractivity (Wildman–Crippen MR) is 146 cm³/mol. The van der Waals surface area contributed by atoms with E-state index in [9.17, 15) is 13.2 Å². The molecule has 0 bridgehead atoms. The highest BCUT2D eigenvalue weighted by Crippen LogP contribution is 2.29. The van der Waals surface area contributed by atoms with Crippen LogP contribution in [0.3, 0.4) is 0 Å². The van der Waals surface area contributed by atoms with E-state index in [0.29, 0.717) is 34.7 Å². The summed E-state index contributed by atoms with van der Waals surface area (Å²) < 4.78 is 39.3. The van der Waals surface area contributed by atoms with Crippen LogP contribution in [0.15, 0.2) is 63.0 Å². The summed E-state index contributed by atoms with van der Waals surface area (Å²) in [5, 5.41) is 3.25. The van der Waals surface area contributed by atoms with E-state index in [1.165, 1.54) is 10.6 Å². The molecule has 1 aromatic heterocycles. The average Bonchev–Trinajstić information content (AvgIpc) is 3.59. The van der Waals surface area contributed by atoms with Crippen LogP contribution in [0.2, 0.25) is 0 Å². The van der Waals surface area contributed by atoms with Crippen LogP contribution in [-0.4, -0.2) is 63.2 Å². The van der Waals surface area contributed by atoms with Gasteiger partial charge >= 0.3 is 0 Å². The van der Waals surface area contributed by atoms with Gasteiger partial charge in [-0.2, -0.15) is 4.31 Å². The molecule has 1 aliphatic rings. The highest BCUT2D eigenvalue weighted by atomic mass is 32.2. The van der Waals surface area contributed by atoms with Crippen molar-refractivity contribution in [3.63, 3.8) is 0 Å². The number of sulfonamides is 1. The van der Waals surface area contributed by atoms with Gasteiger partial charge in [-0.1, -0.05) is 31.2 Å². The summed E-state index contributed by atoms with van der Waals surface area (Å²) in [6.45, 7) is 7.59. The molecule has 0 radical (unpaired) electrons. The first-order chi connectivity index (χ1) is 18.1. The van der Waals surface area contributed by atoms with Gasteiger partial charge in [-0.15, -0.1) is 0 Å². The Hall–Kier alpha value is -3.63. The molecule has 4 rings (SSSR count). The monoisotopic (exact) mass is 538 g/mol. The lowest BCUT2D eigenvalue weighted by Crippen LogP contribution is -2.31. The smallest absolute Gasteiger partial charge is 0.257 e. The number of amidine groups is 1. The summed E-state index contributed by atoms with van der Waals surface area (Å²) in [4.78, 5) is 19.3. The molecule has 0 saturated carbocycles. The molecule has 9 nitrogen and oxygen atoms in total. The zero-order valence-corrected chi connectivity index (χ0v) is 23.3. The predicted octanol–water partition coefficient (Wildman–Crippen LogP) is 3.74. The number of hydrogen-bond acceptors (Lipinski definition) is 7. The molecule has 0 aliphatic carbocycles. The number of ether oxygens (including phenoxy) is 1. The lowest BCUT2D eigenvalue weighted by atomic mass is 10.1. The van der Waals surface area contributed by atoms with Crippen LogP contribution in [-0.2, 0) is 23.1 Å². The number of rotatable bonds is 10. The molecule has 1 N–H and O–H groups in total. The van der Waals surface area contributed by atoms with E-state index in [4.69, 9.17) is 9.15 Å². The minimum atomic E-state index is -3.80. The second-order valence-electron chi connectivity index (χ2n) is 9.34. The van der Waals surface area contributed by atoms with E-state index >= 15 is 0 Å². The second-order valence-corrected chi connectivity index (χ2v) is 11.2. The average molecular weight is 539 g/mol. The molecule has 202 valence electrons. The second kappa shape index (κ2) is 11.4. The van der Waals surface area contributed by atoms with E-state index in [1.807, 2.05) is 24.3 Å². The number of nitrogens with one attached hydrogen (secondary N) is 1. The number of carbonyl (C=O) groups excluding carboxylic acids is 1. The van der Waals surface area contributed by atoms with Crippen molar-refractivity contribution in [3.8, 4) is 5.75 Å². The molecule has 2 heterocycles. The summed E-state index contributed by atoms with van der Waals surface area (Å²) >= 11 is 0. The molecular formula is C28H34N4O5S. The fourth-order valence-corrected chi connectivity index (χ4v) is 6.43. The minimum absolute atomic E-state index is 0.0140. The SMILES string of the molecule is CCN(Cc1cc(C(=O)N(C)Cc2ccc(C3=NCCN3)cc2)co1)S(=O)(=O)c1c(C)cc(OC)cc1C. The van der Waals surface area contributed by atoms with E-state index in [2.05, 4.69) is 10.3 Å². The van der Waals surface area contributed by atoms with Gasteiger partial charge in [0.15, 0.2) is 0 Å². The van der Waals surface area contributed by atoms with Crippen LogP contribution in [0.4, 0.5) is 0 Å². The largest absolute Gasteiger partial charge is 0.497 e. The van der Waals surface area contributed by atoms with Gasteiger partial charge in [-0.25, -0.2) is 8.42 Å². The van der Waals surface area contributed by atoms with Crippen molar-refractivity contribution in [1.82, 2.24) is 14.5 Å². The van der Waals surface area contributed by atoms with Gasteiger partial charge in [0, 0.05) is 32.2 Å². The number of furan rings is 1. The Morgan fingerprint density at radius 3 is 2.37 bits per heavy atom. The zero-order valence-electron chi connectivity index (χ0n) is 22.4. The molecule has 38 heavy (non-hydrogen) atoms. The lowest BCUT2D eigenvalue weighted by Gasteiger charge is -2.22. The van der Waals surface area contributed by atoms with Gasteiger partial charge in [0.25, 0.3) is 5.91 Å².